The summed E-state index contributed by atoms with van der Waals surface area (Å²) in [5.74, 6) is 0.818. The second-order valence-electron chi connectivity index (χ2n) is 10.4. The lowest BCUT2D eigenvalue weighted by Gasteiger charge is -2.31. The predicted octanol–water partition coefficient (Wildman–Crippen LogP) is 5.57. The van der Waals surface area contributed by atoms with E-state index < -0.39 is 6.09 Å². The summed E-state index contributed by atoms with van der Waals surface area (Å²) in [6.07, 6.45) is 9.06. The van der Waals surface area contributed by atoms with Gasteiger partial charge in [-0.15, -0.1) is 0 Å². The molecule has 6 nitrogen and oxygen atoms in total. The molecule has 36 heavy (non-hydrogen) atoms. The minimum Gasteiger partial charge on any atom is -0.410 e. The van der Waals surface area contributed by atoms with Crippen LogP contribution in [0.15, 0.2) is 42.5 Å². The van der Waals surface area contributed by atoms with Crippen molar-refractivity contribution in [2.45, 2.75) is 69.9 Å². The highest BCUT2D eigenvalue weighted by atomic mass is 35.5. The number of amides is 2. The highest BCUT2D eigenvalue weighted by molar-refractivity contribution is 6.31. The fourth-order valence-corrected chi connectivity index (χ4v) is 6.13. The van der Waals surface area contributed by atoms with Gasteiger partial charge in [0.25, 0.3) is 0 Å². The molecule has 3 fully saturated rings. The molecule has 2 N–H and O–H groups in total. The summed E-state index contributed by atoms with van der Waals surface area (Å²) in [7, 11) is 0. The maximum atomic E-state index is 13.1. The number of nitrogens with zero attached hydrogens (tertiary/aromatic N) is 1. The van der Waals surface area contributed by atoms with Crippen molar-refractivity contribution in [2.24, 2.45) is 5.92 Å². The van der Waals surface area contributed by atoms with Gasteiger partial charge in [0.2, 0.25) is 5.91 Å². The molecule has 2 aromatic rings. The second-order valence-corrected chi connectivity index (χ2v) is 10.8. The van der Waals surface area contributed by atoms with E-state index in [-0.39, 0.29) is 12.0 Å². The Labute approximate surface area is 218 Å². The molecule has 1 unspecified atom stereocenters. The van der Waals surface area contributed by atoms with Crippen molar-refractivity contribution in [3.05, 3.63) is 53.1 Å². The number of likely N-dealkylation sites (tertiary alicyclic amines) is 1. The molecule has 2 heterocycles. The number of benzene rings is 2. The van der Waals surface area contributed by atoms with Crippen LogP contribution in [0.5, 0.6) is 5.75 Å². The molecule has 192 valence electrons. The van der Waals surface area contributed by atoms with Crippen LogP contribution in [0.1, 0.15) is 56.9 Å². The Balaban J connectivity index is 1.20. The summed E-state index contributed by atoms with van der Waals surface area (Å²) in [4.78, 5) is 27.6. The lowest BCUT2D eigenvalue weighted by atomic mass is 9.93. The van der Waals surface area contributed by atoms with Gasteiger partial charge in [-0.05, 0) is 86.5 Å². The van der Waals surface area contributed by atoms with Gasteiger partial charge < -0.3 is 20.3 Å². The second kappa shape index (κ2) is 11.7. The van der Waals surface area contributed by atoms with Gasteiger partial charge in [-0.2, -0.15) is 0 Å². The van der Waals surface area contributed by atoms with Crippen molar-refractivity contribution in [2.75, 3.05) is 19.6 Å². The van der Waals surface area contributed by atoms with Crippen molar-refractivity contribution < 1.29 is 14.3 Å². The molecular formula is C29H36ClN3O3. The summed E-state index contributed by atoms with van der Waals surface area (Å²) in [6.45, 7) is 2.69. The number of piperidine rings is 1. The Bertz CT molecular complexity index is 1080. The molecule has 0 bridgehead atoms. The Kier molecular flexibility index (Phi) is 8.12. The Morgan fingerprint density at radius 2 is 1.78 bits per heavy atom. The van der Waals surface area contributed by atoms with Crippen LogP contribution in [0.25, 0.3) is 11.1 Å². The van der Waals surface area contributed by atoms with E-state index in [1.807, 2.05) is 36.4 Å². The van der Waals surface area contributed by atoms with E-state index in [2.05, 4.69) is 15.5 Å². The van der Waals surface area contributed by atoms with Gasteiger partial charge in [-0.25, -0.2) is 4.79 Å². The number of hydrogen-bond acceptors (Lipinski definition) is 4. The largest absolute Gasteiger partial charge is 0.412 e. The highest BCUT2D eigenvalue weighted by Gasteiger charge is 2.36. The molecule has 1 aliphatic carbocycles. The number of carbonyl (C=O) groups is 2. The minimum absolute atomic E-state index is 0.0189. The summed E-state index contributed by atoms with van der Waals surface area (Å²) in [5, 5.41) is 6.91. The smallest absolute Gasteiger partial charge is 0.410 e. The van der Waals surface area contributed by atoms with Crippen molar-refractivity contribution >= 4 is 23.6 Å². The van der Waals surface area contributed by atoms with Gasteiger partial charge in [0.1, 0.15) is 5.75 Å². The molecule has 1 saturated carbocycles. The maximum absolute atomic E-state index is 13.1. The van der Waals surface area contributed by atoms with Crippen LogP contribution in [0, 0.1) is 5.92 Å². The van der Waals surface area contributed by atoms with Gasteiger partial charge in [0, 0.05) is 29.6 Å². The first-order valence-electron chi connectivity index (χ1n) is 13.5. The van der Waals surface area contributed by atoms with Crippen LogP contribution in [0.2, 0.25) is 5.02 Å². The topological polar surface area (TPSA) is 70.7 Å². The zero-order valence-electron chi connectivity index (χ0n) is 20.8. The quantitative estimate of drug-likeness (QED) is 0.534. The van der Waals surface area contributed by atoms with Gasteiger partial charge in [-0.1, -0.05) is 55.1 Å². The Morgan fingerprint density at radius 3 is 2.56 bits per heavy atom. The minimum atomic E-state index is -0.420. The average Bonchev–Trinajstić information content (AvgIpc) is 3.26. The first kappa shape index (κ1) is 25.1. The average molecular weight is 510 g/mol. The first-order valence-corrected chi connectivity index (χ1v) is 13.8. The molecule has 5 rings (SSSR count). The molecule has 0 radical (unpaired) electrons. The van der Waals surface area contributed by atoms with E-state index in [0.29, 0.717) is 29.1 Å². The van der Waals surface area contributed by atoms with Gasteiger partial charge in [0.15, 0.2) is 0 Å². The van der Waals surface area contributed by atoms with Crippen LogP contribution >= 0.6 is 11.6 Å². The molecule has 2 aromatic carbocycles. The molecule has 2 saturated heterocycles. The van der Waals surface area contributed by atoms with E-state index in [4.69, 9.17) is 16.3 Å². The maximum Gasteiger partial charge on any atom is 0.412 e. The monoisotopic (exact) mass is 509 g/mol. The molecule has 2 amide bonds. The predicted molar refractivity (Wildman–Crippen MR) is 142 cm³/mol. The third-order valence-corrected chi connectivity index (χ3v) is 8.28. The first-order chi connectivity index (χ1) is 17.6. The van der Waals surface area contributed by atoms with Crippen LogP contribution in [0.4, 0.5) is 4.79 Å². The number of halogens is 1. The SMILES string of the molecule is O=C(NC1CCNCC1)Oc1cccc(-c2ccc(CC3CCN(C4CCCCC4)C3=O)c(Cl)c2)c1. The van der Waals surface area contributed by atoms with Gasteiger partial charge in [0.05, 0.1) is 0 Å². The molecule has 3 aliphatic rings. The van der Waals surface area contributed by atoms with Gasteiger partial charge >= 0.3 is 6.09 Å². The molecular weight excluding hydrogens is 474 g/mol. The lowest BCUT2D eigenvalue weighted by Crippen LogP contribution is -2.43. The third kappa shape index (κ3) is 6.04. The molecule has 1 atom stereocenters. The van der Waals surface area contributed by atoms with Crippen LogP contribution in [-0.4, -0.2) is 48.6 Å². The Hall–Kier alpha value is -2.57. The zero-order valence-corrected chi connectivity index (χ0v) is 21.6. The van der Waals surface area contributed by atoms with E-state index in [9.17, 15) is 9.59 Å². The summed E-state index contributed by atoms with van der Waals surface area (Å²) in [5.41, 5.74) is 2.89. The van der Waals surface area contributed by atoms with Crippen LogP contribution < -0.4 is 15.4 Å². The fourth-order valence-electron chi connectivity index (χ4n) is 5.87. The normalized spacial score (nSPS) is 21.5. The number of ether oxygens (including phenoxy) is 1. The highest BCUT2D eigenvalue weighted by Crippen LogP contribution is 2.33. The zero-order chi connectivity index (χ0) is 24.9. The summed E-state index contributed by atoms with van der Waals surface area (Å²) in [6, 6.07) is 14.1. The molecule has 0 aromatic heterocycles. The number of nitrogens with one attached hydrogen (secondary N) is 2. The number of hydrogen-bond donors (Lipinski definition) is 2. The molecule has 7 heteroatoms. The van der Waals surface area contributed by atoms with E-state index in [1.165, 1.54) is 19.3 Å². The Morgan fingerprint density at radius 1 is 1.00 bits per heavy atom. The third-order valence-electron chi connectivity index (χ3n) is 7.92. The van der Waals surface area contributed by atoms with Crippen LogP contribution in [-0.2, 0) is 11.2 Å². The lowest BCUT2D eigenvalue weighted by molar-refractivity contribution is -0.133. The van der Waals surface area contributed by atoms with E-state index in [1.54, 1.807) is 6.07 Å². The molecule has 0 spiro atoms. The van der Waals surface area contributed by atoms with E-state index >= 15 is 0 Å². The summed E-state index contributed by atoms with van der Waals surface area (Å²) < 4.78 is 5.55. The van der Waals surface area contributed by atoms with Gasteiger partial charge in [-0.3, -0.25) is 4.79 Å². The van der Waals surface area contributed by atoms with Crippen molar-refractivity contribution in [1.82, 2.24) is 15.5 Å². The summed E-state index contributed by atoms with van der Waals surface area (Å²) >= 11 is 6.70. The number of carbonyl (C=O) groups excluding carboxylic acids is 2. The van der Waals surface area contributed by atoms with Crippen molar-refractivity contribution in [3.63, 3.8) is 0 Å². The standard InChI is InChI=1S/C29H36ClN3O3/c30-27-19-21(20-5-4-8-26(18-20)36-29(35)32-24-11-14-31-15-12-24)9-10-22(27)17-23-13-16-33(28(23)34)25-6-2-1-3-7-25/h4-5,8-10,18-19,23-25,31H,1-3,6-7,11-17H2,(H,32,35). The fraction of sp³-hybridized carbons (Fsp3) is 0.517. The molecule has 2 aliphatic heterocycles. The van der Waals surface area contributed by atoms with E-state index in [0.717, 1.165) is 68.4 Å². The van der Waals surface area contributed by atoms with Crippen LogP contribution in [0.3, 0.4) is 0 Å². The van der Waals surface area contributed by atoms with Crippen molar-refractivity contribution in [3.8, 4) is 16.9 Å². The van der Waals surface area contributed by atoms with Crippen molar-refractivity contribution in [1.29, 1.82) is 0 Å². The number of rotatable bonds is 6.